The molecule has 0 spiro atoms. The van der Waals surface area contributed by atoms with E-state index in [4.69, 9.17) is 4.74 Å². The van der Waals surface area contributed by atoms with Gasteiger partial charge in [0.05, 0.1) is 0 Å². The average molecular weight is 371 g/mol. The van der Waals surface area contributed by atoms with Gasteiger partial charge in [-0.25, -0.2) is 9.59 Å². The van der Waals surface area contributed by atoms with E-state index in [2.05, 4.69) is 4.98 Å². The Morgan fingerprint density at radius 1 is 1.11 bits per heavy atom. The largest absolute Gasteiger partial charge is 0.444 e. The lowest BCUT2D eigenvalue weighted by Gasteiger charge is -2.23. The molecule has 3 rings (SSSR count). The van der Waals surface area contributed by atoms with Gasteiger partial charge in [-0.2, -0.15) is 0 Å². The van der Waals surface area contributed by atoms with Crippen molar-refractivity contribution in [2.45, 2.75) is 44.8 Å². The molecule has 1 saturated carbocycles. The second-order valence-electron chi connectivity index (χ2n) is 6.52. The number of amides is 2. The molecule has 1 fully saturated rings. The molecule has 2 amide bonds. The molecule has 0 bridgehead atoms. The highest BCUT2D eigenvalue weighted by Gasteiger charge is 2.21. The zero-order valence-electron chi connectivity index (χ0n) is 14.8. The molecule has 0 unspecified atom stereocenters. The number of carbonyl (C=O) groups excluding carboxylic acids is 2. The third-order valence-corrected chi connectivity index (χ3v) is 4.61. The van der Waals surface area contributed by atoms with E-state index in [-0.39, 0.29) is 18.2 Å². The van der Waals surface area contributed by atoms with Gasteiger partial charge < -0.3 is 4.74 Å². The van der Waals surface area contributed by atoms with Gasteiger partial charge in [-0.1, -0.05) is 49.6 Å². The SMILES string of the molecule is O=C(NC(=O)c1cn(C2CCCCC2)c(=O)[nH]c1=O)OCc1ccccc1. The minimum absolute atomic E-state index is 0.00210. The molecule has 0 radical (unpaired) electrons. The van der Waals surface area contributed by atoms with Crippen LogP contribution < -0.4 is 16.6 Å². The summed E-state index contributed by atoms with van der Waals surface area (Å²) in [7, 11) is 0. The Bertz CT molecular complexity index is 926. The first-order valence-corrected chi connectivity index (χ1v) is 8.92. The number of imide groups is 1. The van der Waals surface area contributed by atoms with Crippen molar-refractivity contribution in [1.29, 1.82) is 0 Å². The maximum Gasteiger partial charge on any atom is 0.414 e. The van der Waals surface area contributed by atoms with Crippen LogP contribution in [0.3, 0.4) is 0 Å². The van der Waals surface area contributed by atoms with Gasteiger partial charge in [-0.3, -0.25) is 24.5 Å². The Balaban J connectivity index is 1.69. The average Bonchev–Trinajstić information content (AvgIpc) is 2.68. The summed E-state index contributed by atoms with van der Waals surface area (Å²) in [5.41, 5.74) is -0.906. The van der Waals surface area contributed by atoms with Crippen LogP contribution in [-0.4, -0.2) is 21.6 Å². The molecule has 0 saturated heterocycles. The molecule has 2 aromatic rings. The Morgan fingerprint density at radius 2 is 1.81 bits per heavy atom. The summed E-state index contributed by atoms with van der Waals surface area (Å²) in [6.45, 7) is -0.00210. The van der Waals surface area contributed by atoms with E-state index in [9.17, 15) is 19.2 Å². The molecule has 0 atom stereocenters. The lowest BCUT2D eigenvalue weighted by atomic mass is 9.95. The number of aromatic nitrogens is 2. The van der Waals surface area contributed by atoms with Gasteiger partial charge >= 0.3 is 11.8 Å². The van der Waals surface area contributed by atoms with E-state index in [1.54, 1.807) is 24.3 Å². The van der Waals surface area contributed by atoms with Crippen molar-refractivity contribution in [3.63, 3.8) is 0 Å². The molecular formula is C19H21N3O5. The van der Waals surface area contributed by atoms with Crippen LogP contribution in [0.1, 0.15) is 54.1 Å². The number of nitrogens with zero attached hydrogens (tertiary/aromatic N) is 1. The summed E-state index contributed by atoms with van der Waals surface area (Å²) < 4.78 is 6.36. The number of rotatable bonds is 4. The number of H-pyrrole nitrogens is 1. The third kappa shape index (κ3) is 4.72. The normalized spacial score (nSPS) is 14.5. The van der Waals surface area contributed by atoms with E-state index in [0.717, 1.165) is 37.7 Å². The van der Waals surface area contributed by atoms with Crippen LogP contribution >= 0.6 is 0 Å². The van der Waals surface area contributed by atoms with Crippen LogP contribution in [0.4, 0.5) is 4.79 Å². The maximum absolute atomic E-state index is 12.3. The predicted molar refractivity (Wildman–Crippen MR) is 97.5 cm³/mol. The van der Waals surface area contributed by atoms with Crippen molar-refractivity contribution in [2.75, 3.05) is 0 Å². The van der Waals surface area contributed by atoms with Gasteiger partial charge in [0.15, 0.2) is 0 Å². The van der Waals surface area contributed by atoms with Crippen molar-refractivity contribution in [1.82, 2.24) is 14.9 Å². The second kappa shape index (κ2) is 8.48. The highest BCUT2D eigenvalue weighted by atomic mass is 16.5. The summed E-state index contributed by atoms with van der Waals surface area (Å²) in [5.74, 6) is -0.904. The summed E-state index contributed by atoms with van der Waals surface area (Å²) in [6, 6.07) is 8.94. The van der Waals surface area contributed by atoms with Crippen molar-refractivity contribution in [2.24, 2.45) is 0 Å². The van der Waals surface area contributed by atoms with Gasteiger partial charge in [0, 0.05) is 12.2 Å². The molecule has 1 heterocycles. The van der Waals surface area contributed by atoms with Gasteiger partial charge in [0.25, 0.3) is 11.5 Å². The van der Waals surface area contributed by atoms with E-state index < -0.39 is 23.2 Å². The summed E-state index contributed by atoms with van der Waals surface area (Å²) in [5, 5.41) is 2.02. The molecule has 27 heavy (non-hydrogen) atoms. The van der Waals surface area contributed by atoms with Crippen LogP contribution in [0.5, 0.6) is 0 Å². The molecule has 142 valence electrons. The number of ether oxygens (including phenoxy) is 1. The van der Waals surface area contributed by atoms with E-state index in [1.165, 1.54) is 10.8 Å². The van der Waals surface area contributed by atoms with Crippen LogP contribution in [0.2, 0.25) is 0 Å². The lowest BCUT2D eigenvalue weighted by molar-refractivity contribution is 0.0910. The quantitative estimate of drug-likeness (QED) is 0.855. The maximum atomic E-state index is 12.3. The van der Waals surface area contributed by atoms with Gasteiger partial charge in [-0.15, -0.1) is 0 Å². The van der Waals surface area contributed by atoms with E-state index >= 15 is 0 Å². The molecule has 1 aromatic carbocycles. The molecule has 1 aliphatic carbocycles. The Morgan fingerprint density at radius 3 is 2.52 bits per heavy atom. The minimum Gasteiger partial charge on any atom is -0.444 e. The summed E-state index contributed by atoms with van der Waals surface area (Å²) in [6.07, 6.45) is 4.98. The first kappa shape index (κ1) is 18.6. The fourth-order valence-electron chi connectivity index (χ4n) is 3.20. The fraction of sp³-hybridized carbons (Fsp3) is 0.368. The molecule has 1 aliphatic rings. The number of carbonyl (C=O) groups is 2. The van der Waals surface area contributed by atoms with Gasteiger partial charge in [0.2, 0.25) is 0 Å². The number of nitrogens with one attached hydrogen (secondary N) is 2. The third-order valence-electron chi connectivity index (χ3n) is 4.61. The van der Waals surface area contributed by atoms with E-state index in [1.807, 2.05) is 11.4 Å². The monoisotopic (exact) mass is 371 g/mol. The van der Waals surface area contributed by atoms with Crippen molar-refractivity contribution < 1.29 is 14.3 Å². The number of aromatic amines is 1. The highest BCUT2D eigenvalue weighted by Crippen LogP contribution is 2.26. The second-order valence-corrected chi connectivity index (χ2v) is 6.52. The van der Waals surface area contributed by atoms with Gasteiger partial charge in [0.1, 0.15) is 12.2 Å². The first-order valence-electron chi connectivity index (χ1n) is 8.92. The minimum atomic E-state index is -0.960. The van der Waals surface area contributed by atoms with Crippen LogP contribution in [0.25, 0.3) is 0 Å². The fourth-order valence-corrected chi connectivity index (χ4v) is 3.20. The predicted octanol–water partition coefficient (Wildman–Crippen LogP) is 2.11. The first-order chi connectivity index (χ1) is 13.0. The highest BCUT2D eigenvalue weighted by molar-refractivity contribution is 6.02. The number of alkyl carbamates (subject to hydrolysis) is 1. The molecule has 0 aliphatic heterocycles. The van der Waals surface area contributed by atoms with Crippen LogP contribution in [-0.2, 0) is 11.3 Å². The molecule has 1 aromatic heterocycles. The standard InChI is InChI=1S/C19H21N3O5/c23-16-15(11-22(18(25)20-16)14-9-5-2-6-10-14)17(24)21-19(26)27-12-13-7-3-1-4-8-13/h1,3-4,7-8,11,14H,2,5-6,9-10,12H2,(H,20,23,25)(H,21,24,26). The van der Waals surface area contributed by atoms with Gasteiger partial charge in [-0.05, 0) is 18.4 Å². The molecular weight excluding hydrogens is 350 g/mol. The van der Waals surface area contributed by atoms with Crippen LogP contribution in [0.15, 0.2) is 46.1 Å². The lowest BCUT2D eigenvalue weighted by Crippen LogP contribution is -2.40. The summed E-state index contributed by atoms with van der Waals surface area (Å²) >= 11 is 0. The Labute approximate surface area is 155 Å². The number of hydrogen-bond acceptors (Lipinski definition) is 5. The summed E-state index contributed by atoms with van der Waals surface area (Å²) in [4.78, 5) is 50.3. The molecule has 8 heteroatoms. The molecule has 8 nitrogen and oxygen atoms in total. The zero-order valence-corrected chi connectivity index (χ0v) is 14.8. The van der Waals surface area contributed by atoms with Crippen molar-refractivity contribution in [3.8, 4) is 0 Å². The number of benzene rings is 1. The topological polar surface area (TPSA) is 110 Å². The number of hydrogen-bond donors (Lipinski definition) is 2. The molecule has 2 N–H and O–H groups in total. The Hall–Kier alpha value is -3.16. The van der Waals surface area contributed by atoms with Crippen LogP contribution in [0, 0.1) is 0 Å². The van der Waals surface area contributed by atoms with E-state index in [0.29, 0.717) is 0 Å². The zero-order chi connectivity index (χ0) is 19.2. The van der Waals surface area contributed by atoms with Crippen molar-refractivity contribution in [3.05, 3.63) is 68.5 Å². The smallest absolute Gasteiger partial charge is 0.414 e. The Kier molecular flexibility index (Phi) is 5.85. The van der Waals surface area contributed by atoms with Crippen molar-refractivity contribution >= 4 is 12.0 Å².